The lowest BCUT2D eigenvalue weighted by Gasteiger charge is -2.11. The van der Waals surface area contributed by atoms with Crippen LogP contribution < -0.4 is 10.2 Å². The van der Waals surface area contributed by atoms with Gasteiger partial charge >= 0.3 is 0 Å². The van der Waals surface area contributed by atoms with Gasteiger partial charge in [0.25, 0.3) is 0 Å². The summed E-state index contributed by atoms with van der Waals surface area (Å²) in [7, 11) is 0. The molecule has 0 bridgehead atoms. The predicted octanol–water partition coefficient (Wildman–Crippen LogP) is 6.99. The average molecular weight is 583 g/mol. The van der Waals surface area contributed by atoms with E-state index < -0.39 is 0 Å². The number of carbonyl (C=O) groups excluding carboxylic acids is 1. The third-order valence-corrected chi connectivity index (χ3v) is 6.55. The second-order valence-electron chi connectivity index (χ2n) is 6.62. The molecule has 31 heavy (non-hydrogen) atoms. The Labute approximate surface area is 207 Å². The summed E-state index contributed by atoms with van der Waals surface area (Å²) in [5, 5.41) is 4.71. The first-order valence-corrected chi connectivity index (χ1v) is 12.2. The van der Waals surface area contributed by atoms with Gasteiger partial charge in [0.2, 0.25) is 5.91 Å². The van der Waals surface area contributed by atoms with Crippen LogP contribution in [0.4, 0.5) is 0 Å². The molecule has 0 aliphatic carbocycles. The number of halogens is 3. The molecule has 4 nitrogen and oxygen atoms in total. The van der Waals surface area contributed by atoms with Gasteiger partial charge in [0.1, 0.15) is 12.4 Å². The summed E-state index contributed by atoms with van der Waals surface area (Å²) in [4.78, 5) is 13.0. The first-order valence-electron chi connectivity index (χ1n) is 9.28. The summed E-state index contributed by atoms with van der Waals surface area (Å²) in [6, 6.07) is 19.3. The number of ether oxygens (including phenoxy) is 1. The second-order valence-corrected chi connectivity index (χ2v) is 9.82. The van der Waals surface area contributed by atoms with Crippen molar-refractivity contribution in [1.29, 1.82) is 0 Å². The first kappa shape index (κ1) is 23.9. The highest BCUT2D eigenvalue weighted by Crippen LogP contribution is 2.35. The van der Waals surface area contributed by atoms with E-state index in [4.69, 9.17) is 16.3 Å². The van der Waals surface area contributed by atoms with Crippen LogP contribution >= 0.6 is 55.2 Å². The number of hydrogen-bond donors (Lipinski definition) is 1. The predicted molar refractivity (Wildman–Crippen MR) is 135 cm³/mol. The molecule has 0 aliphatic rings. The number of nitrogens with one attached hydrogen (secondary N) is 1. The standard InChI is InChI=1S/C23H19Br2ClN2O2S/c1-15-2-4-16(5-3-15)13-30-23-20(24)10-17(11-21(23)25)12-27-28-22(29)14-31-19-8-6-18(26)7-9-19/h2-12H,13-14H2,1H3,(H,28,29)/b27-12-. The topological polar surface area (TPSA) is 50.7 Å². The number of rotatable bonds is 8. The lowest BCUT2D eigenvalue weighted by atomic mass is 10.2. The van der Waals surface area contributed by atoms with Crippen molar-refractivity contribution in [1.82, 2.24) is 5.43 Å². The third kappa shape index (κ3) is 7.68. The van der Waals surface area contributed by atoms with Crippen molar-refractivity contribution in [3.63, 3.8) is 0 Å². The third-order valence-electron chi connectivity index (χ3n) is 4.11. The zero-order valence-electron chi connectivity index (χ0n) is 16.6. The van der Waals surface area contributed by atoms with Gasteiger partial charge in [-0.05, 0) is 86.3 Å². The van der Waals surface area contributed by atoms with Crippen LogP contribution in [0.25, 0.3) is 0 Å². The average Bonchev–Trinajstić information content (AvgIpc) is 2.74. The number of thioether (sulfide) groups is 1. The van der Waals surface area contributed by atoms with Crippen molar-refractivity contribution in [2.75, 3.05) is 5.75 Å². The molecule has 0 saturated heterocycles. The van der Waals surface area contributed by atoms with Crippen LogP contribution in [0, 0.1) is 6.92 Å². The molecule has 160 valence electrons. The van der Waals surface area contributed by atoms with Gasteiger partial charge in [-0.15, -0.1) is 11.8 Å². The first-order chi connectivity index (χ1) is 14.9. The maximum Gasteiger partial charge on any atom is 0.250 e. The number of amides is 1. The fourth-order valence-corrected chi connectivity index (χ4v) is 4.79. The van der Waals surface area contributed by atoms with Gasteiger partial charge in [0.15, 0.2) is 0 Å². The Bertz CT molecular complexity index is 1050. The van der Waals surface area contributed by atoms with E-state index in [9.17, 15) is 4.79 Å². The van der Waals surface area contributed by atoms with Crippen molar-refractivity contribution in [3.8, 4) is 5.75 Å². The Hall–Kier alpha value is -1.80. The Morgan fingerprint density at radius 2 is 1.74 bits per heavy atom. The molecule has 0 aliphatic heterocycles. The molecule has 0 fully saturated rings. The maximum absolute atomic E-state index is 12.0. The van der Waals surface area contributed by atoms with Gasteiger partial charge in [0.05, 0.1) is 20.9 Å². The van der Waals surface area contributed by atoms with Crippen molar-refractivity contribution in [2.24, 2.45) is 5.10 Å². The van der Waals surface area contributed by atoms with Gasteiger partial charge < -0.3 is 4.74 Å². The fourth-order valence-electron chi connectivity index (χ4n) is 2.52. The summed E-state index contributed by atoms with van der Waals surface area (Å²) in [6.45, 7) is 2.52. The molecule has 0 atom stereocenters. The van der Waals surface area contributed by atoms with Gasteiger partial charge in [-0.1, -0.05) is 41.4 Å². The van der Waals surface area contributed by atoms with E-state index in [1.807, 2.05) is 36.4 Å². The summed E-state index contributed by atoms with van der Waals surface area (Å²) in [5.41, 5.74) is 5.66. The van der Waals surface area contributed by atoms with E-state index in [-0.39, 0.29) is 11.7 Å². The highest BCUT2D eigenvalue weighted by Gasteiger charge is 2.09. The number of nitrogens with zero attached hydrogens (tertiary/aromatic N) is 1. The molecule has 3 aromatic rings. The second kappa shape index (κ2) is 11.7. The maximum atomic E-state index is 12.0. The van der Waals surface area contributed by atoms with Crippen LogP contribution in [0.5, 0.6) is 5.75 Å². The van der Waals surface area contributed by atoms with Crippen LogP contribution in [0.2, 0.25) is 5.02 Å². The molecule has 0 radical (unpaired) electrons. The Balaban J connectivity index is 1.52. The number of aryl methyl sites for hydroxylation is 1. The largest absolute Gasteiger partial charge is 0.487 e. The molecular weight excluding hydrogens is 564 g/mol. The SMILES string of the molecule is Cc1ccc(COc2c(Br)cc(/C=N\NC(=O)CSc3ccc(Cl)cc3)cc2Br)cc1. The van der Waals surface area contributed by atoms with Crippen LogP contribution in [0.15, 0.2) is 79.6 Å². The van der Waals surface area contributed by atoms with E-state index in [1.54, 1.807) is 18.3 Å². The molecule has 0 heterocycles. The Morgan fingerprint density at radius 3 is 2.39 bits per heavy atom. The molecule has 0 unspecified atom stereocenters. The minimum Gasteiger partial charge on any atom is -0.487 e. The smallest absolute Gasteiger partial charge is 0.250 e. The van der Waals surface area contributed by atoms with Crippen LogP contribution in [-0.4, -0.2) is 17.9 Å². The van der Waals surface area contributed by atoms with Crippen molar-refractivity contribution in [2.45, 2.75) is 18.4 Å². The number of benzene rings is 3. The van der Waals surface area contributed by atoms with E-state index >= 15 is 0 Å². The molecule has 3 rings (SSSR count). The summed E-state index contributed by atoms with van der Waals surface area (Å²) < 4.78 is 7.54. The Morgan fingerprint density at radius 1 is 1.10 bits per heavy atom. The summed E-state index contributed by atoms with van der Waals surface area (Å²) in [6.07, 6.45) is 1.59. The molecule has 0 spiro atoms. The minimum atomic E-state index is -0.188. The summed E-state index contributed by atoms with van der Waals surface area (Å²) >= 11 is 14.4. The quantitative estimate of drug-likeness (QED) is 0.177. The van der Waals surface area contributed by atoms with Crippen LogP contribution in [0.3, 0.4) is 0 Å². The van der Waals surface area contributed by atoms with E-state index in [0.29, 0.717) is 17.4 Å². The molecule has 0 aromatic heterocycles. The lowest BCUT2D eigenvalue weighted by Crippen LogP contribution is -2.19. The molecule has 8 heteroatoms. The van der Waals surface area contributed by atoms with E-state index in [2.05, 4.69) is 61.4 Å². The molecule has 0 saturated carbocycles. The summed E-state index contributed by atoms with van der Waals surface area (Å²) in [5.74, 6) is 0.784. The van der Waals surface area contributed by atoms with Gasteiger partial charge in [0, 0.05) is 9.92 Å². The Kier molecular flexibility index (Phi) is 9.02. The van der Waals surface area contributed by atoms with E-state index in [1.165, 1.54) is 17.3 Å². The van der Waals surface area contributed by atoms with E-state index in [0.717, 1.165) is 25.0 Å². The molecular formula is C23H19Br2ClN2O2S. The molecule has 3 aromatic carbocycles. The van der Waals surface area contributed by atoms with Crippen molar-refractivity contribution in [3.05, 3.63) is 91.3 Å². The highest BCUT2D eigenvalue weighted by atomic mass is 79.9. The van der Waals surface area contributed by atoms with Crippen molar-refractivity contribution < 1.29 is 9.53 Å². The van der Waals surface area contributed by atoms with Crippen LogP contribution in [-0.2, 0) is 11.4 Å². The minimum absolute atomic E-state index is 0.188. The molecule has 1 amide bonds. The zero-order valence-corrected chi connectivity index (χ0v) is 21.3. The zero-order chi connectivity index (χ0) is 22.2. The number of carbonyl (C=O) groups is 1. The van der Waals surface area contributed by atoms with Crippen LogP contribution in [0.1, 0.15) is 16.7 Å². The van der Waals surface area contributed by atoms with Gasteiger partial charge in [-0.3, -0.25) is 4.79 Å². The number of hydrogen-bond acceptors (Lipinski definition) is 4. The highest BCUT2D eigenvalue weighted by molar-refractivity contribution is 9.11. The van der Waals surface area contributed by atoms with Gasteiger partial charge in [-0.25, -0.2) is 5.43 Å². The normalized spacial score (nSPS) is 11.0. The van der Waals surface area contributed by atoms with Gasteiger partial charge in [-0.2, -0.15) is 5.10 Å². The monoisotopic (exact) mass is 580 g/mol. The number of hydrazone groups is 1. The molecule has 1 N–H and O–H groups in total. The fraction of sp³-hybridized carbons (Fsp3) is 0.130. The van der Waals surface area contributed by atoms with Crippen molar-refractivity contribution >= 4 is 67.3 Å². The lowest BCUT2D eigenvalue weighted by molar-refractivity contribution is -0.118.